The van der Waals surface area contributed by atoms with Gasteiger partial charge in [-0.25, -0.2) is 0 Å². The molecule has 2 nitrogen and oxygen atoms in total. The Morgan fingerprint density at radius 2 is 1.84 bits per heavy atom. The number of nitrogens with zero attached hydrogens (tertiary/aromatic N) is 1. The van der Waals surface area contributed by atoms with E-state index in [1.807, 2.05) is 6.08 Å². The third-order valence-electron chi connectivity index (χ3n) is 3.59. The molecule has 19 heavy (non-hydrogen) atoms. The molecule has 1 aliphatic heterocycles. The monoisotopic (exact) mass is 257 g/mol. The van der Waals surface area contributed by atoms with Crippen molar-refractivity contribution in [3.05, 3.63) is 41.7 Å². The van der Waals surface area contributed by atoms with Crippen molar-refractivity contribution in [1.29, 1.82) is 0 Å². The van der Waals surface area contributed by atoms with Crippen LogP contribution in [-0.4, -0.2) is 13.1 Å². The Balaban J connectivity index is 2.55. The van der Waals surface area contributed by atoms with Crippen molar-refractivity contribution in [2.75, 3.05) is 18.0 Å². The smallest absolute Gasteiger partial charge is 0.136 e. The van der Waals surface area contributed by atoms with Crippen LogP contribution >= 0.6 is 0 Å². The quantitative estimate of drug-likeness (QED) is 0.783. The molecule has 2 heteroatoms. The van der Waals surface area contributed by atoms with Crippen molar-refractivity contribution in [2.45, 2.75) is 33.6 Å². The minimum absolute atomic E-state index is 0.476. The molecule has 0 bridgehead atoms. The van der Waals surface area contributed by atoms with E-state index in [9.17, 15) is 0 Å². The summed E-state index contributed by atoms with van der Waals surface area (Å²) in [6.07, 6.45) is 4.05. The van der Waals surface area contributed by atoms with Crippen LogP contribution in [0.3, 0.4) is 0 Å². The van der Waals surface area contributed by atoms with Gasteiger partial charge < -0.3 is 9.64 Å². The molecule has 0 saturated carbocycles. The molecule has 1 aliphatic rings. The van der Waals surface area contributed by atoms with Gasteiger partial charge in [0.25, 0.3) is 0 Å². The topological polar surface area (TPSA) is 12.5 Å². The Hall–Kier alpha value is -1.70. The highest BCUT2D eigenvalue weighted by Gasteiger charge is 2.17. The Morgan fingerprint density at radius 3 is 2.42 bits per heavy atom. The molecule has 0 aliphatic carbocycles. The van der Waals surface area contributed by atoms with E-state index in [1.165, 1.54) is 16.8 Å². The van der Waals surface area contributed by atoms with Gasteiger partial charge in [0.15, 0.2) is 0 Å². The number of hydrogen-bond donors (Lipinski definition) is 0. The van der Waals surface area contributed by atoms with Crippen LogP contribution in [-0.2, 0) is 0 Å². The minimum atomic E-state index is 0.476. The maximum absolute atomic E-state index is 5.79. The van der Waals surface area contributed by atoms with Crippen LogP contribution in [0.1, 0.15) is 44.7 Å². The number of fused-ring (bicyclic) bond motifs is 1. The summed E-state index contributed by atoms with van der Waals surface area (Å²) in [5.74, 6) is 2.11. The van der Waals surface area contributed by atoms with E-state index in [2.05, 4.69) is 57.4 Å². The fourth-order valence-electron chi connectivity index (χ4n) is 2.50. The van der Waals surface area contributed by atoms with Gasteiger partial charge in [0.1, 0.15) is 11.5 Å². The lowest BCUT2D eigenvalue weighted by Gasteiger charge is -2.26. The summed E-state index contributed by atoms with van der Waals surface area (Å²) in [6, 6.07) is 4.42. The van der Waals surface area contributed by atoms with Gasteiger partial charge in [0.05, 0.1) is 0 Å². The molecule has 1 aromatic rings. The van der Waals surface area contributed by atoms with Gasteiger partial charge in [-0.15, -0.1) is 0 Å². The first-order valence-electron chi connectivity index (χ1n) is 7.04. The van der Waals surface area contributed by atoms with Gasteiger partial charge in [0.2, 0.25) is 0 Å². The van der Waals surface area contributed by atoms with Gasteiger partial charge in [-0.1, -0.05) is 20.4 Å². The largest absolute Gasteiger partial charge is 0.457 e. The number of hydrogen-bond acceptors (Lipinski definition) is 2. The summed E-state index contributed by atoms with van der Waals surface area (Å²) in [4.78, 5) is 2.34. The van der Waals surface area contributed by atoms with E-state index in [0.29, 0.717) is 11.7 Å². The Kier molecular flexibility index (Phi) is 3.98. The van der Waals surface area contributed by atoms with Crippen molar-refractivity contribution in [3.8, 4) is 5.75 Å². The molecule has 0 unspecified atom stereocenters. The fourth-order valence-corrected chi connectivity index (χ4v) is 2.50. The second kappa shape index (κ2) is 5.52. The normalized spacial score (nSPS) is 13.4. The SMILES string of the molecule is C=C1C=Cc2c(cc(N(CC)CC)cc2C(C)C)O1. The van der Waals surface area contributed by atoms with Crippen LogP contribution in [0.15, 0.2) is 30.5 Å². The maximum atomic E-state index is 5.79. The summed E-state index contributed by atoms with van der Waals surface area (Å²) >= 11 is 0. The molecule has 0 spiro atoms. The van der Waals surface area contributed by atoms with Crippen molar-refractivity contribution >= 4 is 11.8 Å². The number of allylic oxidation sites excluding steroid dienone is 1. The van der Waals surface area contributed by atoms with E-state index >= 15 is 0 Å². The summed E-state index contributed by atoms with van der Waals surface area (Å²) in [6.45, 7) is 14.7. The molecule has 1 heterocycles. The van der Waals surface area contributed by atoms with Crippen molar-refractivity contribution in [1.82, 2.24) is 0 Å². The molecule has 1 aromatic carbocycles. The summed E-state index contributed by atoms with van der Waals surface area (Å²) in [5, 5.41) is 0. The molecule has 2 rings (SSSR count). The first-order chi connectivity index (χ1) is 9.06. The lowest BCUT2D eigenvalue weighted by Crippen LogP contribution is -2.22. The zero-order chi connectivity index (χ0) is 14.0. The van der Waals surface area contributed by atoms with Crippen LogP contribution in [0.4, 0.5) is 5.69 Å². The molecule has 0 aromatic heterocycles. The second-order valence-electron chi connectivity index (χ2n) is 5.18. The van der Waals surface area contributed by atoms with Gasteiger partial charge in [0, 0.05) is 30.4 Å². The maximum Gasteiger partial charge on any atom is 0.136 e. The Morgan fingerprint density at radius 1 is 1.16 bits per heavy atom. The zero-order valence-corrected chi connectivity index (χ0v) is 12.4. The molecule has 0 atom stereocenters. The standard InChI is InChI=1S/C17H23NO/c1-6-18(7-2)14-10-16(12(3)4)15-9-8-13(5)19-17(15)11-14/h8-12H,5-7H2,1-4H3. The Bertz CT molecular complexity index is 510. The molecular formula is C17H23NO. The summed E-state index contributed by atoms with van der Waals surface area (Å²) in [5.41, 5.74) is 3.76. The molecule has 0 fully saturated rings. The van der Waals surface area contributed by atoms with Gasteiger partial charge in [-0.05, 0) is 43.5 Å². The lowest BCUT2D eigenvalue weighted by atomic mass is 9.94. The summed E-state index contributed by atoms with van der Waals surface area (Å²) < 4.78 is 5.79. The fraction of sp³-hybridized carbons (Fsp3) is 0.412. The Labute approximate surface area is 116 Å². The molecule has 0 N–H and O–H groups in total. The molecule has 0 amide bonds. The van der Waals surface area contributed by atoms with E-state index < -0.39 is 0 Å². The summed E-state index contributed by atoms with van der Waals surface area (Å²) in [7, 11) is 0. The second-order valence-corrected chi connectivity index (χ2v) is 5.18. The highest BCUT2D eigenvalue weighted by molar-refractivity contribution is 5.71. The van der Waals surface area contributed by atoms with E-state index in [4.69, 9.17) is 4.74 Å². The van der Waals surface area contributed by atoms with Crippen LogP contribution in [0.5, 0.6) is 5.75 Å². The third-order valence-corrected chi connectivity index (χ3v) is 3.59. The highest BCUT2D eigenvalue weighted by Crippen LogP contribution is 2.37. The van der Waals surface area contributed by atoms with Gasteiger partial charge in [-0.2, -0.15) is 0 Å². The third kappa shape index (κ3) is 2.67. The molecule has 102 valence electrons. The van der Waals surface area contributed by atoms with Gasteiger partial charge >= 0.3 is 0 Å². The van der Waals surface area contributed by atoms with Crippen LogP contribution in [0.2, 0.25) is 0 Å². The van der Waals surface area contributed by atoms with Gasteiger partial charge in [-0.3, -0.25) is 0 Å². The van der Waals surface area contributed by atoms with Crippen molar-refractivity contribution in [2.24, 2.45) is 0 Å². The first kappa shape index (κ1) is 13.7. The highest BCUT2D eigenvalue weighted by atomic mass is 16.5. The molecule has 0 saturated heterocycles. The zero-order valence-electron chi connectivity index (χ0n) is 12.4. The van der Waals surface area contributed by atoms with Crippen LogP contribution < -0.4 is 9.64 Å². The minimum Gasteiger partial charge on any atom is -0.457 e. The lowest BCUT2D eigenvalue weighted by molar-refractivity contribution is 0.441. The van der Waals surface area contributed by atoms with Crippen molar-refractivity contribution < 1.29 is 4.74 Å². The van der Waals surface area contributed by atoms with Crippen LogP contribution in [0.25, 0.3) is 6.08 Å². The first-order valence-corrected chi connectivity index (χ1v) is 7.04. The number of rotatable bonds is 4. The molecule has 0 radical (unpaired) electrons. The number of benzene rings is 1. The molecular weight excluding hydrogens is 234 g/mol. The van der Waals surface area contributed by atoms with E-state index in [-0.39, 0.29) is 0 Å². The van der Waals surface area contributed by atoms with Crippen molar-refractivity contribution in [3.63, 3.8) is 0 Å². The average molecular weight is 257 g/mol. The number of anilines is 1. The van der Waals surface area contributed by atoms with Crippen LogP contribution in [0, 0.1) is 0 Å². The predicted molar refractivity (Wildman–Crippen MR) is 82.9 cm³/mol. The average Bonchev–Trinajstić information content (AvgIpc) is 2.38. The predicted octanol–water partition coefficient (Wildman–Crippen LogP) is 4.58. The number of ether oxygens (including phenoxy) is 1. The van der Waals surface area contributed by atoms with E-state index in [1.54, 1.807) is 0 Å². The van der Waals surface area contributed by atoms with E-state index in [0.717, 1.165) is 18.8 Å².